The van der Waals surface area contributed by atoms with E-state index in [0.717, 1.165) is 0 Å². The van der Waals surface area contributed by atoms with E-state index in [1.165, 1.54) is 6.92 Å². The van der Waals surface area contributed by atoms with Gasteiger partial charge in [-0.1, -0.05) is 13.8 Å². The highest BCUT2D eigenvalue weighted by molar-refractivity contribution is 5.77. The van der Waals surface area contributed by atoms with Crippen molar-refractivity contribution in [2.24, 2.45) is 5.92 Å². The molecular formula is C14H20F6O4. The van der Waals surface area contributed by atoms with Gasteiger partial charge in [-0.3, -0.25) is 4.79 Å². The number of hydrogen-bond donors (Lipinski definition) is 0. The largest absolute Gasteiger partial charge is 0.457 e. The summed E-state index contributed by atoms with van der Waals surface area (Å²) in [6.45, 7) is 0.725. The monoisotopic (exact) mass is 366 g/mol. The second-order valence-corrected chi connectivity index (χ2v) is 5.71. The topological polar surface area (TPSA) is 52.6 Å². The van der Waals surface area contributed by atoms with Crippen LogP contribution in [-0.4, -0.2) is 42.9 Å². The van der Waals surface area contributed by atoms with Crippen LogP contribution in [0.4, 0.5) is 26.3 Å². The molecule has 0 aromatic heterocycles. The highest BCUT2D eigenvalue weighted by atomic mass is 19.3. The summed E-state index contributed by atoms with van der Waals surface area (Å²) in [6.07, 6.45) is -3.80. The van der Waals surface area contributed by atoms with Gasteiger partial charge in [0.15, 0.2) is 13.2 Å². The SMILES string of the molecule is CCC(C)C(=O)OCC(=O)OCC(F)(F)CC(F)(F)CC(C)(F)F. The lowest BCUT2D eigenvalue weighted by Gasteiger charge is -2.25. The summed E-state index contributed by atoms with van der Waals surface area (Å²) >= 11 is 0. The molecule has 0 aromatic rings. The van der Waals surface area contributed by atoms with Gasteiger partial charge in [0.2, 0.25) is 0 Å². The summed E-state index contributed by atoms with van der Waals surface area (Å²) in [5.74, 6) is -15.0. The van der Waals surface area contributed by atoms with E-state index in [1.54, 1.807) is 6.92 Å². The Morgan fingerprint density at radius 2 is 1.50 bits per heavy atom. The molecule has 1 unspecified atom stereocenters. The van der Waals surface area contributed by atoms with E-state index in [2.05, 4.69) is 9.47 Å². The van der Waals surface area contributed by atoms with Crippen molar-refractivity contribution in [2.45, 2.75) is 57.8 Å². The summed E-state index contributed by atoms with van der Waals surface area (Å²) in [5, 5.41) is 0. The minimum atomic E-state index is -4.34. The minimum absolute atomic E-state index is 0.185. The maximum absolute atomic E-state index is 13.3. The Bertz CT molecular complexity index is 433. The third kappa shape index (κ3) is 10.3. The summed E-state index contributed by atoms with van der Waals surface area (Å²) in [4.78, 5) is 22.4. The van der Waals surface area contributed by atoms with E-state index in [-0.39, 0.29) is 6.92 Å². The molecule has 0 bridgehead atoms. The molecule has 0 amide bonds. The maximum atomic E-state index is 13.3. The molecule has 0 saturated heterocycles. The van der Waals surface area contributed by atoms with Gasteiger partial charge < -0.3 is 9.47 Å². The molecule has 0 rings (SSSR count). The zero-order valence-corrected chi connectivity index (χ0v) is 13.5. The first kappa shape index (κ1) is 22.5. The van der Waals surface area contributed by atoms with Gasteiger partial charge in [-0.15, -0.1) is 0 Å². The van der Waals surface area contributed by atoms with E-state index in [1.807, 2.05) is 0 Å². The molecule has 0 aliphatic rings. The predicted octanol–water partition coefficient (Wildman–Crippen LogP) is 3.82. The van der Waals surface area contributed by atoms with Crippen LogP contribution in [0.5, 0.6) is 0 Å². The lowest BCUT2D eigenvalue weighted by atomic mass is 10.0. The fourth-order valence-electron chi connectivity index (χ4n) is 1.61. The predicted molar refractivity (Wildman–Crippen MR) is 71.1 cm³/mol. The van der Waals surface area contributed by atoms with E-state index in [4.69, 9.17) is 0 Å². The van der Waals surface area contributed by atoms with Crippen LogP contribution in [0.2, 0.25) is 0 Å². The third-order valence-corrected chi connectivity index (χ3v) is 2.88. The van der Waals surface area contributed by atoms with E-state index >= 15 is 0 Å². The number of ether oxygens (including phenoxy) is 2. The van der Waals surface area contributed by atoms with Crippen molar-refractivity contribution in [3.63, 3.8) is 0 Å². The average molecular weight is 366 g/mol. The highest BCUT2D eigenvalue weighted by Crippen LogP contribution is 2.38. The Morgan fingerprint density at radius 1 is 0.958 bits per heavy atom. The van der Waals surface area contributed by atoms with Crippen molar-refractivity contribution in [2.75, 3.05) is 13.2 Å². The molecule has 0 aliphatic carbocycles. The Hall–Kier alpha value is -1.48. The Labute approximate surface area is 135 Å². The molecule has 0 fully saturated rings. The summed E-state index contributed by atoms with van der Waals surface area (Å²) in [7, 11) is 0. The van der Waals surface area contributed by atoms with Crippen LogP contribution in [0.1, 0.15) is 40.0 Å². The maximum Gasteiger partial charge on any atom is 0.344 e. The first-order valence-electron chi connectivity index (χ1n) is 7.13. The van der Waals surface area contributed by atoms with Crippen molar-refractivity contribution in [1.82, 2.24) is 0 Å². The number of carbonyl (C=O) groups excluding carboxylic acids is 2. The van der Waals surface area contributed by atoms with Crippen molar-refractivity contribution >= 4 is 11.9 Å². The Morgan fingerprint density at radius 3 is 1.96 bits per heavy atom. The van der Waals surface area contributed by atoms with Crippen molar-refractivity contribution in [1.29, 1.82) is 0 Å². The average Bonchev–Trinajstić information content (AvgIpc) is 2.37. The molecule has 0 spiro atoms. The zero-order valence-electron chi connectivity index (χ0n) is 13.5. The smallest absolute Gasteiger partial charge is 0.344 e. The lowest BCUT2D eigenvalue weighted by molar-refractivity contribution is -0.182. The zero-order chi connectivity index (χ0) is 19.2. The molecule has 142 valence electrons. The van der Waals surface area contributed by atoms with Gasteiger partial charge in [0.1, 0.15) is 0 Å². The van der Waals surface area contributed by atoms with Crippen LogP contribution in [0.25, 0.3) is 0 Å². The molecule has 4 nitrogen and oxygen atoms in total. The molecule has 0 aromatic carbocycles. The summed E-state index contributed by atoms with van der Waals surface area (Å²) < 4.78 is 86.5. The van der Waals surface area contributed by atoms with Gasteiger partial charge in [-0.2, -0.15) is 0 Å². The first-order valence-corrected chi connectivity index (χ1v) is 7.13. The number of rotatable bonds is 10. The molecule has 10 heteroatoms. The van der Waals surface area contributed by atoms with Crippen molar-refractivity contribution < 1.29 is 45.4 Å². The van der Waals surface area contributed by atoms with Crippen molar-refractivity contribution in [3.05, 3.63) is 0 Å². The van der Waals surface area contributed by atoms with Crippen LogP contribution in [0, 0.1) is 5.92 Å². The second kappa shape index (κ2) is 8.57. The summed E-state index contributed by atoms with van der Waals surface area (Å²) in [5.41, 5.74) is 0. The number of carbonyl (C=O) groups is 2. The lowest BCUT2D eigenvalue weighted by Crippen LogP contribution is -2.37. The molecule has 0 N–H and O–H groups in total. The highest BCUT2D eigenvalue weighted by Gasteiger charge is 2.48. The van der Waals surface area contributed by atoms with Gasteiger partial charge >= 0.3 is 11.9 Å². The third-order valence-electron chi connectivity index (χ3n) is 2.88. The van der Waals surface area contributed by atoms with Crippen LogP contribution in [-0.2, 0) is 19.1 Å². The number of hydrogen-bond acceptors (Lipinski definition) is 4. The molecule has 0 radical (unpaired) electrons. The van der Waals surface area contributed by atoms with Crippen molar-refractivity contribution in [3.8, 4) is 0 Å². The number of alkyl halides is 6. The van der Waals surface area contributed by atoms with Gasteiger partial charge in [0, 0.05) is 0 Å². The normalized spacial score (nSPS) is 14.2. The Kier molecular flexibility index (Phi) is 8.04. The van der Waals surface area contributed by atoms with E-state index in [0.29, 0.717) is 6.42 Å². The number of halogens is 6. The minimum Gasteiger partial charge on any atom is -0.457 e. The van der Waals surface area contributed by atoms with Crippen LogP contribution in [0.15, 0.2) is 0 Å². The molecule has 1 atom stereocenters. The standard InChI is InChI=1S/C14H20F6O4/c1-4-9(2)11(22)23-5-10(21)24-8-14(19,20)7-13(17,18)6-12(3,15)16/h9H,4-8H2,1-3H3. The second-order valence-electron chi connectivity index (χ2n) is 5.71. The molecule has 0 saturated carbocycles. The van der Waals surface area contributed by atoms with Gasteiger partial charge in [-0.05, 0) is 13.3 Å². The summed E-state index contributed by atoms with van der Waals surface area (Å²) in [6, 6.07) is 0. The van der Waals surface area contributed by atoms with Crippen LogP contribution < -0.4 is 0 Å². The van der Waals surface area contributed by atoms with Gasteiger partial charge in [-0.25, -0.2) is 31.1 Å². The van der Waals surface area contributed by atoms with E-state index in [9.17, 15) is 35.9 Å². The van der Waals surface area contributed by atoms with Crippen LogP contribution in [0.3, 0.4) is 0 Å². The van der Waals surface area contributed by atoms with Gasteiger partial charge in [0.25, 0.3) is 17.8 Å². The van der Waals surface area contributed by atoms with E-state index < -0.39 is 61.7 Å². The van der Waals surface area contributed by atoms with Gasteiger partial charge in [0.05, 0.1) is 18.8 Å². The first-order chi connectivity index (χ1) is 10.7. The fourth-order valence-corrected chi connectivity index (χ4v) is 1.61. The molecule has 24 heavy (non-hydrogen) atoms. The molecule has 0 aliphatic heterocycles. The quantitative estimate of drug-likeness (QED) is 0.436. The van der Waals surface area contributed by atoms with Crippen LogP contribution >= 0.6 is 0 Å². The Balaban J connectivity index is 4.37. The number of esters is 2. The fraction of sp³-hybridized carbons (Fsp3) is 0.857. The molecule has 0 heterocycles. The molecular weight excluding hydrogens is 346 g/mol.